The summed E-state index contributed by atoms with van der Waals surface area (Å²) in [4.78, 5) is 9.19. The molecule has 0 bridgehead atoms. The fraction of sp³-hybridized carbons (Fsp3) is 0.520. The van der Waals surface area contributed by atoms with E-state index in [1.807, 2.05) is 18.3 Å². The second-order valence-corrected chi connectivity index (χ2v) is 8.47. The van der Waals surface area contributed by atoms with Crippen LogP contribution in [0.25, 0.3) is 0 Å². The number of aliphatic imine (C=N–C) groups is 1. The summed E-state index contributed by atoms with van der Waals surface area (Å²) in [6.45, 7) is 4.45. The summed E-state index contributed by atoms with van der Waals surface area (Å²) in [5, 5.41) is 7.07. The van der Waals surface area contributed by atoms with Crippen LogP contribution in [0, 0.1) is 0 Å². The molecular weight excluding hydrogens is 404 g/mol. The van der Waals surface area contributed by atoms with Crippen LogP contribution in [-0.4, -0.2) is 43.4 Å². The van der Waals surface area contributed by atoms with Gasteiger partial charge in [0.25, 0.3) is 0 Å². The smallest absolute Gasteiger partial charge is 0.213 e. The van der Waals surface area contributed by atoms with E-state index in [-0.39, 0.29) is 11.6 Å². The summed E-state index contributed by atoms with van der Waals surface area (Å²) in [7, 11) is 1.65. The molecule has 2 N–H and O–H groups in total. The van der Waals surface area contributed by atoms with Crippen molar-refractivity contribution in [2.45, 2.75) is 57.2 Å². The van der Waals surface area contributed by atoms with Crippen molar-refractivity contribution in [3.63, 3.8) is 0 Å². The van der Waals surface area contributed by atoms with Crippen LogP contribution in [0.5, 0.6) is 11.6 Å². The number of nitrogens with zero attached hydrogens (tertiary/aromatic N) is 2. The minimum atomic E-state index is -0.0497. The van der Waals surface area contributed by atoms with Gasteiger partial charge in [-0.25, -0.2) is 9.98 Å². The monoisotopic (exact) mass is 438 g/mol. The SMILES string of the molecule is CCNC(=NCc1ccc(OCCOC)nc1)NC1CC2(CCCC2)Oc2ccccc21. The van der Waals surface area contributed by atoms with Gasteiger partial charge in [0.05, 0.1) is 19.2 Å². The van der Waals surface area contributed by atoms with Crippen molar-refractivity contribution in [2.75, 3.05) is 26.9 Å². The van der Waals surface area contributed by atoms with Gasteiger partial charge >= 0.3 is 0 Å². The van der Waals surface area contributed by atoms with Gasteiger partial charge in [-0.15, -0.1) is 0 Å². The Bertz CT molecular complexity index is 894. The first kappa shape index (κ1) is 22.4. The molecule has 7 nitrogen and oxygen atoms in total. The van der Waals surface area contributed by atoms with Crippen LogP contribution in [0.15, 0.2) is 47.6 Å². The normalized spacial score (nSPS) is 19.3. The first-order chi connectivity index (χ1) is 15.7. The van der Waals surface area contributed by atoms with Gasteiger partial charge in [-0.05, 0) is 44.2 Å². The zero-order valence-corrected chi connectivity index (χ0v) is 19.1. The maximum atomic E-state index is 6.50. The number of pyridine rings is 1. The average molecular weight is 439 g/mol. The van der Waals surface area contributed by atoms with E-state index < -0.39 is 0 Å². The second-order valence-electron chi connectivity index (χ2n) is 8.47. The van der Waals surface area contributed by atoms with Gasteiger partial charge in [0, 0.05) is 37.9 Å². The van der Waals surface area contributed by atoms with Crippen LogP contribution >= 0.6 is 0 Å². The largest absolute Gasteiger partial charge is 0.487 e. The molecule has 1 saturated carbocycles. The van der Waals surface area contributed by atoms with E-state index in [1.165, 1.54) is 18.4 Å². The Morgan fingerprint density at radius 3 is 2.78 bits per heavy atom. The third kappa shape index (κ3) is 5.51. The predicted octanol–water partition coefficient (Wildman–Crippen LogP) is 4.00. The lowest BCUT2D eigenvalue weighted by Crippen LogP contribution is -2.46. The third-order valence-corrected chi connectivity index (χ3v) is 6.12. The van der Waals surface area contributed by atoms with Crippen molar-refractivity contribution in [1.82, 2.24) is 15.6 Å². The first-order valence-electron chi connectivity index (χ1n) is 11.6. The second kappa shape index (κ2) is 10.7. The van der Waals surface area contributed by atoms with Crippen molar-refractivity contribution < 1.29 is 14.2 Å². The summed E-state index contributed by atoms with van der Waals surface area (Å²) in [6, 6.07) is 12.4. The Kier molecular flexibility index (Phi) is 7.47. The lowest BCUT2D eigenvalue weighted by atomic mass is 9.86. The number of methoxy groups -OCH3 is 1. The van der Waals surface area contributed by atoms with Crippen molar-refractivity contribution >= 4 is 5.96 Å². The number of guanidine groups is 1. The van der Waals surface area contributed by atoms with Crippen molar-refractivity contribution in [2.24, 2.45) is 4.99 Å². The number of hydrogen-bond donors (Lipinski definition) is 2. The summed E-state index contributed by atoms with van der Waals surface area (Å²) in [5.74, 6) is 2.41. The molecule has 7 heteroatoms. The molecule has 1 aromatic heterocycles. The minimum Gasteiger partial charge on any atom is -0.487 e. The molecule has 172 valence electrons. The number of rotatable bonds is 8. The highest BCUT2D eigenvalue weighted by Gasteiger charge is 2.43. The van der Waals surface area contributed by atoms with Crippen LogP contribution < -0.4 is 20.1 Å². The maximum absolute atomic E-state index is 6.50. The molecule has 0 saturated heterocycles. The van der Waals surface area contributed by atoms with E-state index in [1.54, 1.807) is 7.11 Å². The Morgan fingerprint density at radius 2 is 2.03 bits per heavy atom. The number of ether oxygens (including phenoxy) is 3. The number of para-hydroxylation sites is 1. The summed E-state index contributed by atoms with van der Waals surface area (Å²) >= 11 is 0. The summed E-state index contributed by atoms with van der Waals surface area (Å²) < 4.78 is 17.0. The molecule has 2 heterocycles. The molecule has 0 radical (unpaired) electrons. The highest BCUT2D eigenvalue weighted by atomic mass is 16.5. The molecule has 1 aliphatic carbocycles. The molecule has 1 atom stereocenters. The molecule has 1 unspecified atom stereocenters. The van der Waals surface area contributed by atoms with Crippen molar-refractivity contribution in [3.05, 3.63) is 53.7 Å². The number of benzene rings is 1. The summed E-state index contributed by atoms with van der Waals surface area (Å²) in [5.41, 5.74) is 2.18. The van der Waals surface area contributed by atoms with Gasteiger partial charge < -0.3 is 24.8 Å². The van der Waals surface area contributed by atoms with Crippen LogP contribution in [0.1, 0.15) is 56.2 Å². The highest BCUT2D eigenvalue weighted by Crippen LogP contribution is 2.46. The number of aromatic nitrogens is 1. The van der Waals surface area contributed by atoms with Crippen molar-refractivity contribution in [1.29, 1.82) is 0 Å². The molecule has 1 fully saturated rings. The van der Waals surface area contributed by atoms with Crippen LogP contribution in [0.4, 0.5) is 0 Å². The van der Waals surface area contributed by atoms with Crippen LogP contribution in [0.2, 0.25) is 0 Å². The highest BCUT2D eigenvalue weighted by molar-refractivity contribution is 5.80. The quantitative estimate of drug-likeness (QED) is 0.369. The lowest BCUT2D eigenvalue weighted by molar-refractivity contribution is 0.0396. The van der Waals surface area contributed by atoms with E-state index in [0.29, 0.717) is 25.6 Å². The van der Waals surface area contributed by atoms with E-state index in [9.17, 15) is 0 Å². The van der Waals surface area contributed by atoms with Crippen molar-refractivity contribution in [3.8, 4) is 11.6 Å². The first-order valence-corrected chi connectivity index (χ1v) is 11.6. The van der Waals surface area contributed by atoms with Crippen LogP contribution in [-0.2, 0) is 11.3 Å². The van der Waals surface area contributed by atoms with Gasteiger partial charge in [0.15, 0.2) is 5.96 Å². The van der Waals surface area contributed by atoms with Crippen LogP contribution in [0.3, 0.4) is 0 Å². The zero-order valence-electron chi connectivity index (χ0n) is 19.1. The molecular formula is C25H34N4O3. The van der Waals surface area contributed by atoms with E-state index >= 15 is 0 Å². The Hall–Kier alpha value is -2.80. The predicted molar refractivity (Wildman–Crippen MR) is 125 cm³/mol. The third-order valence-electron chi connectivity index (χ3n) is 6.12. The topological polar surface area (TPSA) is 77.0 Å². The molecule has 2 aromatic rings. The van der Waals surface area contributed by atoms with Gasteiger partial charge in [-0.1, -0.05) is 24.3 Å². The zero-order chi connectivity index (χ0) is 22.2. The Balaban J connectivity index is 1.45. The van der Waals surface area contributed by atoms with Gasteiger partial charge in [0.1, 0.15) is 18.0 Å². The molecule has 32 heavy (non-hydrogen) atoms. The molecule has 2 aliphatic rings. The Labute approximate surface area is 190 Å². The standard InChI is InChI=1S/C25H34N4O3/c1-3-26-24(28-18-19-10-11-23(27-17-19)31-15-14-30-2)29-21-16-25(12-6-7-13-25)32-22-9-5-4-8-20(21)22/h4-5,8-11,17,21H,3,6-7,12-16,18H2,1-2H3,(H2,26,28,29). The maximum Gasteiger partial charge on any atom is 0.213 e. The lowest BCUT2D eigenvalue weighted by Gasteiger charge is -2.40. The fourth-order valence-electron chi connectivity index (χ4n) is 4.55. The average Bonchev–Trinajstić information content (AvgIpc) is 3.26. The number of fused-ring (bicyclic) bond motifs is 1. The number of nitrogens with one attached hydrogen (secondary N) is 2. The van der Waals surface area contributed by atoms with Gasteiger partial charge in [0.2, 0.25) is 5.88 Å². The van der Waals surface area contributed by atoms with E-state index in [4.69, 9.17) is 19.2 Å². The molecule has 1 aliphatic heterocycles. The van der Waals surface area contributed by atoms with Gasteiger partial charge in [-0.2, -0.15) is 0 Å². The Morgan fingerprint density at radius 1 is 1.19 bits per heavy atom. The number of hydrogen-bond acceptors (Lipinski definition) is 5. The van der Waals surface area contributed by atoms with Gasteiger partial charge in [-0.3, -0.25) is 0 Å². The molecule has 0 amide bonds. The molecule has 1 spiro atoms. The van der Waals surface area contributed by atoms with E-state index in [0.717, 1.165) is 43.1 Å². The minimum absolute atomic E-state index is 0.0497. The molecule has 1 aromatic carbocycles. The summed E-state index contributed by atoms with van der Waals surface area (Å²) in [6.07, 6.45) is 7.49. The molecule has 4 rings (SSSR count). The fourth-order valence-corrected chi connectivity index (χ4v) is 4.55. The van der Waals surface area contributed by atoms with E-state index in [2.05, 4.69) is 46.8 Å².